The van der Waals surface area contributed by atoms with Gasteiger partial charge in [-0.25, -0.2) is 9.78 Å². The number of carbonyl (C=O) groups is 1. The molecule has 4 aromatic rings. The second-order valence-corrected chi connectivity index (χ2v) is 6.32. The molecule has 0 spiro atoms. The molecule has 0 unspecified atom stereocenters. The van der Waals surface area contributed by atoms with Crippen LogP contribution in [-0.2, 0) is 18.0 Å². The van der Waals surface area contributed by atoms with Gasteiger partial charge in [-0.15, -0.1) is 0 Å². The van der Waals surface area contributed by atoms with Gasteiger partial charge in [0, 0.05) is 19.3 Å². The normalized spacial score (nSPS) is 10.9. The lowest BCUT2D eigenvalue weighted by Crippen LogP contribution is -2.05. The van der Waals surface area contributed by atoms with E-state index >= 15 is 0 Å². The number of benzene rings is 1. The van der Waals surface area contributed by atoms with Gasteiger partial charge in [-0.2, -0.15) is 4.98 Å². The third kappa shape index (κ3) is 4.01. The first kappa shape index (κ1) is 17.7. The topological polar surface area (TPSA) is 91.8 Å². The number of aryl methyl sites for hydroxylation is 2. The highest BCUT2D eigenvalue weighted by molar-refractivity contribution is 5.89. The molecule has 0 fully saturated rings. The Balaban J connectivity index is 1.33. The van der Waals surface area contributed by atoms with Crippen LogP contribution in [0.2, 0.25) is 0 Å². The Morgan fingerprint density at radius 3 is 2.61 bits per heavy atom. The molecule has 0 amide bonds. The number of hydrogen-bond donors (Lipinski definition) is 0. The zero-order valence-corrected chi connectivity index (χ0v) is 15.5. The van der Waals surface area contributed by atoms with E-state index in [0.29, 0.717) is 28.7 Å². The summed E-state index contributed by atoms with van der Waals surface area (Å²) in [4.78, 5) is 20.7. The Bertz CT molecular complexity index is 1110. The molecule has 0 atom stereocenters. The second-order valence-electron chi connectivity index (χ2n) is 6.32. The van der Waals surface area contributed by atoms with E-state index < -0.39 is 5.97 Å². The highest BCUT2D eigenvalue weighted by Gasteiger charge is 2.10. The van der Waals surface area contributed by atoms with Gasteiger partial charge in [0.05, 0.1) is 11.3 Å². The fourth-order valence-electron chi connectivity index (χ4n) is 2.68. The van der Waals surface area contributed by atoms with E-state index in [-0.39, 0.29) is 13.2 Å². The first-order valence-electron chi connectivity index (χ1n) is 8.70. The Morgan fingerprint density at radius 2 is 1.86 bits per heavy atom. The van der Waals surface area contributed by atoms with Crippen molar-refractivity contribution in [2.45, 2.75) is 27.1 Å². The van der Waals surface area contributed by atoms with E-state index in [1.165, 1.54) is 0 Å². The van der Waals surface area contributed by atoms with E-state index in [4.69, 9.17) is 14.0 Å². The molecule has 0 aliphatic carbocycles. The number of pyridine rings is 1. The Morgan fingerprint density at radius 1 is 1.04 bits per heavy atom. The monoisotopic (exact) mass is 378 g/mol. The molecule has 4 rings (SSSR count). The number of esters is 1. The highest BCUT2D eigenvalue weighted by atomic mass is 16.5. The van der Waals surface area contributed by atoms with Crippen LogP contribution in [0.3, 0.4) is 0 Å². The van der Waals surface area contributed by atoms with Gasteiger partial charge < -0.3 is 18.4 Å². The minimum absolute atomic E-state index is 0.106. The maximum absolute atomic E-state index is 12.3. The third-order valence-corrected chi connectivity index (χ3v) is 4.03. The van der Waals surface area contributed by atoms with Gasteiger partial charge >= 0.3 is 5.97 Å². The van der Waals surface area contributed by atoms with Gasteiger partial charge in [0.25, 0.3) is 0 Å². The van der Waals surface area contributed by atoms with E-state index in [2.05, 4.69) is 15.1 Å². The van der Waals surface area contributed by atoms with Crippen molar-refractivity contribution in [2.75, 3.05) is 0 Å². The summed E-state index contributed by atoms with van der Waals surface area (Å²) in [5.41, 5.74) is 3.07. The summed E-state index contributed by atoms with van der Waals surface area (Å²) in [5.74, 6) is 1.12. The zero-order valence-electron chi connectivity index (χ0n) is 15.5. The van der Waals surface area contributed by atoms with Crippen molar-refractivity contribution in [3.63, 3.8) is 0 Å². The zero-order chi connectivity index (χ0) is 19.5. The molecule has 1 aromatic carbocycles. The number of aromatic nitrogens is 4. The lowest BCUT2D eigenvalue weighted by molar-refractivity contribution is 0.0468. The molecule has 0 saturated heterocycles. The molecule has 8 heteroatoms. The molecule has 0 aliphatic heterocycles. The predicted molar refractivity (Wildman–Crippen MR) is 98.9 cm³/mol. The number of carbonyl (C=O) groups excluding carboxylic acids is 1. The molecular weight excluding hydrogens is 360 g/mol. The summed E-state index contributed by atoms with van der Waals surface area (Å²) in [6.07, 6.45) is 3.83. The number of nitrogens with zero attached hydrogens (tertiary/aromatic N) is 4. The van der Waals surface area contributed by atoms with Gasteiger partial charge in [0.15, 0.2) is 6.61 Å². The maximum atomic E-state index is 12.3. The first-order valence-corrected chi connectivity index (χ1v) is 8.70. The summed E-state index contributed by atoms with van der Waals surface area (Å²) in [5, 5.41) is 3.76. The predicted octanol–water partition coefficient (Wildman–Crippen LogP) is 3.27. The summed E-state index contributed by atoms with van der Waals surface area (Å²) >= 11 is 0. The minimum Gasteiger partial charge on any atom is -0.485 e. The number of rotatable bonds is 6. The van der Waals surface area contributed by atoms with Gasteiger partial charge in [0.2, 0.25) is 11.7 Å². The van der Waals surface area contributed by atoms with E-state index in [1.54, 1.807) is 31.2 Å². The molecule has 8 nitrogen and oxygen atoms in total. The second kappa shape index (κ2) is 7.51. The minimum atomic E-state index is -0.423. The SMILES string of the molecule is Cc1ccc2nc(COC(=O)c3ccc(OCc4noc(C)n4)cc3)cn2c1. The quantitative estimate of drug-likeness (QED) is 0.476. The molecular formula is C20H18N4O4. The number of hydrogen-bond acceptors (Lipinski definition) is 7. The first-order chi connectivity index (χ1) is 13.6. The third-order valence-electron chi connectivity index (χ3n) is 4.03. The summed E-state index contributed by atoms with van der Waals surface area (Å²) in [6.45, 7) is 4.02. The van der Waals surface area contributed by atoms with Gasteiger partial charge in [0.1, 0.15) is 18.0 Å². The van der Waals surface area contributed by atoms with Crippen LogP contribution >= 0.6 is 0 Å². The number of imidazole rings is 1. The van der Waals surface area contributed by atoms with Gasteiger partial charge in [-0.05, 0) is 42.8 Å². The van der Waals surface area contributed by atoms with Crippen LogP contribution in [0, 0.1) is 13.8 Å². The molecule has 3 aromatic heterocycles. The Hall–Kier alpha value is -3.68. The average molecular weight is 378 g/mol. The fourth-order valence-corrected chi connectivity index (χ4v) is 2.68. The molecule has 28 heavy (non-hydrogen) atoms. The van der Waals surface area contributed by atoms with Crippen molar-refractivity contribution < 1.29 is 18.8 Å². The van der Waals surface area contributed by atoms with Crippen LogP contribution in [0.4, 0.5) is 0 Å². The van der Waals surface area contributed by atoms with Crippen molar-refractivity contribution in [3.05, 3.63) is 77.3 Å². The van der Waals surface area contributed by atoms with Crippen molar-refractivity contribution in [3.8, 4) is 5.75 Å². The largest absolute Gasteiger partial charge is 0.485 e. The van der Waals surface area contributed by atoms with Crippen LogP contribution in [0.15, 0.2) is 53.3 Å². The number of fused-ring (bicyclic) bond motifs is 1. The van der Waals surface area contributed by atoms with Crippen molar-refractivity contribution in [1.29, 1.82) is 0 Å². The van der Waals surface area contributed by atoms with Crippen LogP contribution in [0.25, 0.3) is 5.65 Å². The average Bonchev–Trinajstić information content (AvgIpc) is 3.30. The van der Waals surface area contributed by atoms with Crippen LogP contribution < -0.4 is 4.74 Å². The van der Waals surface area contributed by atoms with Gasteiger partial charge in [-0.1, -0.05) is 11.2 Å². The lowest BCUT2D eigenvalue weighted by Gasteiger charge is -2.05. The van der Waals surface area contributed by atoms with Crippen molar-refractivity contribution in [1.82, 2.24) is 19.5 Å². The summed E-state index contributed by atoms with van der Waals surface area (Å²) in [6, 6.07) is 10.6. The van der Waals surface area contributed by atoms with E-state index in [9.17, 15) is 4.79 Å². The molecule has 0 radical (unpaired) electrons. The standard InChI is InChI=1S/C20H18N4O4/c1-13-3-8-19-22-16(10-24(19)9-13)11-27-20(25)15-4-6-17(7-5-15)26-12-18-21-14(2)28-23-18/h3-10H,11-12H2,1-2H3. The van der Waals surface area contributed by atoms with Crippen LogP contribution in [0.1, 0.15) is 33.3 Å². The number of ether oxygens (including phenoxy) is 2. The smallest absolute Gasteiger partial charge is 0.338 e. The van der Waals surface area contributed by atoms with E-state index in [1.807, 2.05) is 35.9 Å². The van der Waals surface area contributed by atoms with Crippen LogP contribution in [-0.4, -0.2) is 25.5 Å². The Kier molecular flexibility index (Phi) is 4.76. The van der Waals surface area contributed by atoms with Gasteiger partial charge in [-0.3, -0.25) is 0 Å². The molecule has 142 valence electrons. The van der Waals surface area contributed by atoms with Crippen molar-refractivity contribution in [2.24, 2.45) is 0 Å². The molecule has 0 aliphatic rings. The molecule has 0 bridgehead atoms. The Labute approximate surface area is 160 Å². The van der Waals surface area contributed by atoms with Crippen LogP contribution in [0.5, 0.6) is 5.75 Å². The lowest BCUT2D eigenvalue weighted by atomic mass is 10.2. The summed E-state index contributed by atoms with van der Waals surface area (Å²) < 4.78 is 17.7. The molecule has 0 N–H and O–H groups in total. The maximum Gasteiger partial charge on any atom is 0.338 e. The van der Waals surface area contributed by atoms with Crippen molar-refractivity contribution >= 4 is 11.6 Å². The molecule has 3 heterocycles. The summed E-state index contributed by atoms with van der Waals surface area (Å²) in [7, 11) is 0. The fraction of sp³-hybridized carbons (Fsp3) is 0.200. The molecule has 0 saturated carbocycles. The van der Waals surface area contributed by atoms with E-state index in [0.717, 1.165) is 11.2 Å². The highest BCUT2D eigenvalue weighted by Crippen LogP contribution is 2.15.